The Morgan fingerprint density at radius 3 is 2.20 bits per heavy atom. The van der Waals surface area contributed by atoms with Crippen molar-refractivity contribution >= 4 is 63.3 Å². The maximum atomic E-state index is 14.0. The van der Waals surface area contributed by atoms with E-state index in [1.807, 2.05) is 30.3 Å². The molecule has 4 aromatic carbocycles. The van der Waals surface area contributed by atoms with Gasteiger partial charge in [0, 0.05) is 100 Å². The number of hydrogen-bond donors (Lipinski definition) is 5. The van der Waals surface area contributed by atoms with Crippen LogP contribution in [0.4, 0.5) is 31.7 Å². The van der Waals surface area contributed by atoms with Gasteiger partial charge in [-0.25, -0.2) is 8.78 Å². The zero-order valence-electron chi connectivity index (χ0n) is 41.8. The van der Waals surface area contributed by atoms with Gasteiger partial charge < -0.3 is 44.5 Å². The minimum atomic E-state index is -1.02. The second-order valence-corrected chi connectivity index (χ2v) is 18.9. The summed E-state index contributed by atoms with van der Waals surface area (Å²) >= 11 is 0. The first-order valence-electron chi connectivity index (χ1n) is 25.7. The lowest BCUT2D eigenvalue weighted by Crippen LogP contribution is -2.54. The van der Waals surface area contributed by atoms with Crippen LogP contribution in [0.2, 0.25) is 0 Å². The van der Waals surface area contributed by atoms with E-state index < -0.39 is 41.3 Å². The van der Waals surface area contributed by atoms with Crippen LogP contribution in [0.25, 0.3) is 10.9 Å². The summed E-state index contributed by atoms with van der Waals surface area (Å²) < 4.78 is 56.2. The number of benzene rings is 4. The number of rotatable bonds is 25. The number of carbonyl (C=O) groups is 5. The lowest BCUT2D eigenvalue weighted by atomic mass is 10.0. The number of halogens is 2. The molecule has 21 heteroatoms. The summed E-state index contributed by atoms with van der Waals surface area (Å²) in [4.78, 5) is 70.0. The van der Waals surface area contributed by atoms with Crippen LogP contribution in [0.1, 0.15) is 74.3 Å². The molecule has 0 bridgehead atoms. The van der Waals surface area contributed by atoms with Gasteiger partial charge in [0.1, 0.15) is 17.7 Å². The molecule has 0 saturated carbocycles. The van der Waals surface area contributed by atoms with Gasteiger partial charge >= 0.3 is 0 Å². The number of piperidine rings is 1. The van der Waals surface area contributed by atoms with Gasteiger partial charge in [0.2, 0.25) is 11.8 Å². The normalized spacial score (nSPS) is 17.4. The summed E-state index contributed by atoms with van der Waals surface area (Å²) in [5.74, 6) is -3.40. The van der Waals surface area contributed by atoms with Gasteiger partial charge in [-0.05, 0) is 97.8 Å². The Hall–Kier alpha value is -6.88. The number of hydrogen-bond acceptors (Lipinski definition) is 15. The molecule has 1 aromatic heterocycles. The van der Waals surface area contributed by atoms with E-state index in [-0.39, 0.29) is 35.9 Å². The first kappa shape index (κ1) is 53.0. The van der Waals surface area contributed by atoms with Crippen molar-refractivity contribution in [1.29, 1.82) is 0 Å². The van der Waals surface area contributed by atoms with Crippen molar-refractivity contribution in [2.45, 2.75) is 50.6 Å². The molecule has 5 amide bonds. The third kappa shape index (κ3) is 13.7. The van der Waals surface area contributed by atoms with Gasteiger partial charge in [-0.1, -0.05) is 12.1 Å². The molecule has 75 heavy (non-hydrogen) atoms. The maximum absolute atomic E-state index is 14.0. The van der Waals surface area contributed by atoms with Gasteiger partial charge in [-0.15, -0.1) is 0 Å². The molecule has 1 atom stereocenters. The molecule has 9 rings (SSSR count). The molecular formula is C54H63F2N9O10. The number of nitrogens with one attached hydrogen (secondary N) is 5. The highest BCUT2D eigenvalue weighted by atomic mass is 19.1. The SMILES string of the molecule is O=C1CCC(N2C(=O)c3cccc(NCCOCCOCCOCCOCCCN4CCN(c5ccc(C(=O)Nc6n[nH]c7ccc(Cc8cc(F)cc(F)c8)cc67)c(NC6CCOCC6)c5)CC4)c3C2=O)C(=O)N1. The van der Waals surface area contributed by atoms with Gasteiger partial charge in [-0.2, -0.15) is 5.10 Å². The number of anilines is 4. The molecule has 3 fully saturated rings. The Balaban J connectivity index is 0.633. The third-order valence-electron chi connectivity index (χ3n) is 13.7. The van der Waals surface area contributed by atoms with E-state index in [4.69, 9.17) is 23.7 Å². The van der Waals surface area contributed by atoms with Gasteiger partial charge in [-0.3, -0.25) is 44.2 Å². The fraction of sp³-hybridized carbons (Fsp3) is 0.444. The largest absolute Gasteiger partial charge is 0.382 e. The maximum Gasteiger partial charge on any atom is 0.264 e. The average Bonchev–Trinajstić information content (AvgIpc) is 3.92. The van der Waals surface area contributed by atoms with E-state index in [1.165, 1.54) is 12.1 Å². The van der Waals surface area contributed by atoms with E-state index in [0.29, 0.717) is 107 Å². The number of carbonyl (C=O) groups excluding carboxylic acids is 5. The van der Waals surface area contributed by atoms with Crippen LogP contribution in [0, 0.1) is 11.6 Å². The molecule has 5 aromatic rings. The van der Waals surface area contributed by atoms with Crippen LogP contribution >= 0.6 is 0 Å². The Morgan fingerprint density at radius 1 is 0.747 bits per heavy atom. The fourth-order valence-corrected chi connectivity index (χ4v) is 9.80. The van der Waals surface area contributed by atoms with Crippen molar-refractivity contribution in [2.75, 3.05) is 126 Å². The van der Waals surface area contributed by atoms with Crippen LogP contribution in [0.5, 0.6) is 0 Å². The number of amides is 5. The zero-order chi connectivity index (χ0) is 52.1. The number of piperazine rings is 1. The first-order valence-corrected chi connectivity index (χ1v) is 25.7. The molecule has 4 aliphatic heterocycles. The molecule has 398 valence electrons. The van der Waals surface area contributed by atoms with Gasteiger partial charge in [0.15, 0.2) is 5.82 Å². The number of ether oxygens (including phenoxy) is 5. The predicted octanol–water partition coefficient (Wildman–Crippen LogP) is 5.37. The standard InChI is InChI=1S/C54H63F2N9O10/c55-37-30-36(31-38(56)33-37)29-35-5-8-44-43(32-35)50(62-61-44)60-51(67)41-7-6-40(34-46(41)58-39-11-20-72-21-12-39)64-17-15-63(16-18-64)14-2-19-71-23-25-74-27-28-75-26-24-73-22-13-57-45-4-1-3-42-49(45)54(70)65(53(42)69)47-9-10-48(66)59-52(47)68/h1,3-8,30-34,39,47,57-58H,2,9-29H2,(H,59,66,68)(H2,60,61,62,67). The average molecular weight is 1040 g/mol. The molecule has 4 aliphatic rings. The lowest BCUT2D eigenvalue weighted by molar-refractivity contribution is -0.136. The summed E-state index contributed by atoms with van der Waals surface area (Å²) in [6.07, 6.45) is 3.01. The smallest absolute Gasteiger partial charge is 0.264 e. The molecule has 0 radical (unpaired) electrons. The predicted molar refractivity (Wildman–Crippen MR) is 275 cm³/mol. The third-order valence-corrected chi connectivity index (χ3v) is 13.7. The second-order valence-electron chi connectivity index (χ2n) is 18.9. The van der Waals surface area contributed by atoms with Crippen molar-refractivity contribution < 1.29 is 56.4 Å². The van der Waals surface area contributed by atoms with Crippen molar-refractivity contribution in [3.05, 3.63) is 112 Å². The Bertz CT molecular complexity index is 2820. The van der Waals surface area contributed by atoms with E-state index >= 15 is 0 Å². The van der Waals surface area contributed by atoms with Crippen molar-refractivity contribution in [2.24, 2.45) is 0 Å². The summed E-state index contributed by atoms with van der Waals surface area (Å²) in [6, 6.07) is 19.0. The second kappa shape index (κ2) is 25.6. The summed E-state index contributed by atoms with van der Waals surface area (Å²) in [5.41, 5.74) is 5.20. The van der Waals surface area contributed by atoms with Crippen molar-refractivity contribution in [3.63, 3.8) is 0 Å². The molecule has 1 unspecified atom stereocenters. The molecule has 0 spiro atoms. The molecule has 5 heterocycles. The van der Waals surface area contributed by atoms with E-state index in [1.54, 1.807) is 18.2 Å². The molecule has 0 aliphatic carbocycles. The van der Waals surface area contributed by atoms with E-state index in [0.717, 1.165) is 85.4 Å². The lowest BCUT2D eigenvalue weighted by Gasteiger charge is -2.36. The highest BCUT2D eigenvalue weighted by Gasteiger charge is 2.45. The van der Waals surface area contributed by atoms with E-state index in [9.17, 15) is 32.8 Å². The van der Waals surface area contributed by atoms with Crippen LogP contribution in [0.15, 0.2) is 72.8 Å². The zero-order valence-corrected chi connectivity index (χ0v) is 41.8. The molecule has 19 nitrogen and oxygen atoms in total. The molecule has 3 saturated heterocycles. The topological polar surface area (TPSA) is 218 Å². The number of aromatic nitrogens is 2. The Labute approximate surface area is 432 Å². The highest BCUT2D eigenvalue weighted by molar-refractivity contribution is 6.25. The van der Waals surface area contributed by atoms with E-state index in [2.05, 4.69) is 47.3 Å². The minimum Gasteiger partial charge on any atom is -0.382 e. The monoisotopic (exact) mass is 1040 g/mol. The summed E-state index contributed by atoms with van der Waals surface area (Å²) in [5, 5.41) is 20.1. The Kier molecular flexibility index (Phi) is 18.1. The van der Waals surface area contributed by atoms with Crippen LogP contribution in [0.3, 0.4) is 0 Å². The number of H-pyrrole nitrogens is 1. The number of imide groups is 2. The number of nitrogens with zero attached hydrogens (tertiary/aromatic N) is 4. The fourth-order valence-electron chi connectivity index (χ4n) is 9.80. The summed E-state index contributed by atoms with van der Waals surface area (Å²) in [6.45, 7) is 9.55. The van der Waals surface area contributed by atoms with Gasteiger partial charge in [0.25, 0.3) is 17.7 Å². The minimum absolute atomic E-state index is 0.0566. The van der Waals surface area contributed by atoms with Crippen LogP contribution in [-0.4, -0.2) is 167 Å². The number of aromatic amines is 1. The first-order chi connectivity index (χ1) is 36.6. The molecule has 5 N–H and O–H groups in total. The quantitative estimate of drug-likeness (QED) is 0.0367. The van der Waals surface area contributed by atoms with Crippen LogP contribution in [-0.2, 0) is 39.7 Å². The van der Waals surface area contributed by atoms with Crippen molar-refractivity contribution in [1.82, 2.24) is 25.3 Å². The summed E-state index contributed by atoms with van der Waals surface area (Å²) in [7, 11) is 0. The Morgan fingerprint density at radius 2 is 1.47 bits per heavy atom. The molecular weight excluding hydrogens is 973 g/mol. The number of fused-ring (bicyclic) bond motifs is 2. The van der Waals surface area contributed by atoms with Gasteiger partial charge in [0.05, 0.1) is 68.5 Å². The highest BCUT2D eigenvalue weighted by Crippen LogP contribution is 2.33. The van der Waals surface area contributed by atoms with Crippen LogP contribution < -0.4 is 26.2 Å². The van der Waals surface area contributed by atoms with Crippen molar-refractivity contribution in [3.8, 4) is 0 Å².